The Morgan fingerprint density at radius 2 is 2.06 bits per heavy atom. The van der Waals surface area contributed by atoms with Crippen LogP contribution in [0.15, 0.2) is 29.1 Å². The Kier molecular flexibility index (Phi) is 5.67. The number of halogens is 1. The van der Waals surface area contributed by atoms with Crippen molar-refractivity contribution in [2.75, 3.05) is 13.1 Å². The molecule has 1 aliphatic heterocycles. The van der Waals surface area contributed by atoms with Crippen molar-refractivity contribution >= 4 is 21.6 Å². The van der Waals surface area contributed by atoms with Gasteiger partial charge in [0.1, 0.15) is 16.5 Å². The zero-order chi connectivity index (χ0) is 21.5. The van der Waals surface area contributed by atoms with E-state index in [2.05, 4.69) is 11.8 Å². The maximum atomic E-state index is 14.3. The summed E-state index contributed by atoms with van der Waals surface area (Å²) in [6, 6.07) is 6.21. The number of aryl methyl sites for hydroxylation is 1. The van der Waals surface area contributed by atoms with Crippen molar-refractivity contribution in [3.8, 4) is 0 Å². The lowest BCUT2D eigenvalue weighted by Crippen LogP contribution is -2.32. The molecule has 3 heterocycles. The first-order valence-electron chi connectivity index (χ1n) is 11.2. The van der Waals surface area contributed by atoms with Gasteiger partial charge in [-0.25, -0.2) is 9.37 Å². The molecule has 31 heavy (non-hydrogen) atoms. The van der Waals surface area contributed by atoms with Crippen molar-refractivity contribution in [1.82, 2.24) is 14.5 Å². The number of benzene rings is 1. The fourth-order valence-corrected chi connectivity index (χ4v) is 6.32. The average Bonchev–Trinajstić information content (AvgIpc) is 3.38. The molecule has 1 aromatic carbocycles. The molecule has 0 radical (unpaired) electrons. The summed E-state index contributed by atoms with van der Waals surface area (Å²) in [5.74, 6) is 0.830. The van der Waals surface area contributed by atoms with Crippen LogP contribution in [0.25, 0.3) is 10.2 Å². The van der Waals surface area contributed by atoms with E-state index < -0.39 is 11.9 Å². The first-order valence-corrected chi connectivity index (χ1v) is 12.0. The second kappa shape index (κ2) is 8.45. The SMILES string of the molecule is CC1CCc2c(sc3nc(CN4CCCC4)n(CC(O)c4ccccc4F)c(=O)c23)C1. The second-order valence-electron chi connectivity index (χ2n) is 9.00. The van der Waals surface area contributed by atoms with Gasteiger partial charge < -0.3 is 5.11 Å². The number of aromatic nitrogens is 2. The minimum atomic E-state index is -1.11. The number of hydrogen-bond donors (Lipinski definition) is 1. The molecule has 164 valence electrons. The van der Waals surface area contributed by atoms with Gasteiger partial charge in [-0.15, -0.1) is 11.3 Å². The van der Waals surface area contributed by atoms with Gasteiger partial charge in [0.25, 0.3) is 5.56 Å². The van der Waals surface area contributed by atoms with Crippen LogP contribution in [0, 0.1) is 11.7 Å². The van der Waals surface area contributed by atoms with Crippen LogP contribution in [-0.4, -0.2) is 32.6 Å². The Morgan fingerprint density at radius 1 is 1.29 bits per heavy atom. The number of thiophene rings is 1. The van der Waals surface area contributed by atoms with Crippen molar-refractivity contribution in [3.05, 3.63) is 62.3 Å². The molecule has 5 nitrogen and oxygen atoms in total. The summed E-state index contributed by atoms with van der Waals surface area (Å²) in [6.45, 7) is 4.81. The number of rotatable bonds is 5. The van der Waals surface area contributed by atoms with Crippen LogP contribution in [0.2, 0.25) is 0 Å². The molecule has 1 N–H and O–H groups in total. The third kappa shape index (κ3) is 3.95. The summed E-state index contributed by atoms with van der Waals surface area (Å²) in [6.07, 6.45) is 4.16. The summed E-state index contributed by atoms with van der Waals surface area (Å²) in [5.41, 5.74) is 1.25. The maximum absolute atomic E-state index is 14.3. The Morgan fingerprint density at radius 3 is 2.84 bits per heavy atom. The molecule has 2 atom stereocenters. The number of nitrogens with zero attached hydrogens (tertiary/aromatic N) is 3. The van der Waals surface area contributed by atoms with E-state index in [0.717, 1.165) is 55.6 Å². The molecule has 1 saturated heterocycles. The van der Waals surface area contributed by atoms with Gasteiger partial charge >= 0.3 is 0 Å². The summed E-state index contributed by atoms with van der Waals surface area (Å²) >= 11 is 1.65. The van der Waals surface area contributed by atoms with Gasteiger partial charge in [0, 0.05) is 10.4 Å². The molecule has 1 fully saturated rings. The van der Waals surface area contributed by atoms with Gasteiger partial charge in [-0.1, -0.05) is 25.1 Å². The quantitative estimate of drug-likeness (QED) is 0.649. The first kappa shape index (κ1) is 20.8. The van der Waals surface area contributed by atoms with E-state index in [1.54, 1.807) is 34.1 Å². The van der Waals surface area contributed by atoms with Crippen LogP contribution in [-0.2, 0) is 25.9 Å². The van der Waals surface area contributed by atoms with Crippen LogP contribution in [0.1, 0.15) is 54.1 Å². The molecule has 0 saturated carbocycles. The Hall–Kier alpha value is -2.09. The third-order valence-corrected chi connectivity index (χ3v) is 7.83. The summed E-state index contributed by atoms with van der Waals surface area (Å²) in [7, 11) is 0. The first-order chi connectivity index (χ1) is 15.0. The van der Waals surface area contributed by atoms with Crippen LogP contribution in [0.3, 0.4) is 0 Å². The molecule has 0 amide bonds. The monoisotopic (exact) mass is 441 g/mol. The van der Waals surface area contributed by atoms with Crippen molar-refractivity contribution in [2.24, 2.45) is 5.92 Å². The average molecular weight is 442 g/mol. The normalized spacial score (nSPS) is 20.3. The summed E-state index contributed by atoms with van der Waals surface area (Å²) < 4.78 is 15.9. The highest BCUT2D eigenvalue weighted by Gasteiger charge is 2.26. The molecule has 5 rings (SSSR count). The van der Waals surface area contributed by atoms with E-state index in [4.69, 9.17) is 4.98 Å². The zero-order valence-corrected chi connectivity index (χ0v) is 18.6. The zero-order valence-electron chi connectivity index (χ0n) is 17.8. The fourth-order valence-electron chi connectivity index (χ4n) is 4.93. The van der Waals surface area contributed by atoms with Gasteiger partial charge in [-0.05, 0) is 62.7 Å². The van der Waals surface area contributed by atoms with Gasteiger partial charge in [0.2, 0.25) is 0 Å². The number of likely N-dealkylation sites (tertiary alicyclic amines) is 1. The summed E-state index contributed by atoms with van der Waals surface area (Å²) in [5, 5.41) is 11.5. The minimum Gasteiger partial charge on any atom is -0.386 e. The predicted molar refractivity (Wildman–Crippen MR) is 121 cm³/mol. The van der Waals surface area contributed by atoms with E-state index in [9.17, 15) is 14.3 Å². The topological polar surface area (TPSA) is 58.4 Å². The van der Waals surface area contributed by atoms with Crippen molar-refractivity contribution in [3.63, 3.8) is 0 Å². The second-order valence-corrected chi connectivity index (χ2v) is 10.1. The predicted octanol–water partition coefficient (Wildman–Crippen LogP) is 4.05. The number of fused-ring (bicyclic) bond motifs is 3. The van der Waals surface area contributed by atoms with E-state index in [-0.39, 0.29) is 17.7 Å². The lowest BCUT2D eigenvalue weighted by Gasteiger charge is -2.21. The molecular weight excluding hydrogens is 413 g/mol. The highest BCUT2D eigenvalue weighted by Crippen LogP contribution is 2.36. The molecule has 3 aromatic rings. The van der Waals surface area contributed by atoms with Crippen molar-refractivity contribution in [2.45, 2.75) is 58.2 Å². The lowest BCUT2D eigenvalue weighted by molar-refractivity contribution is 0.147. The van der Waals surface area contributed by atoms with Gasteiger partial charge in [-0.3, -0.25) is 14.3 Å². The van der Waals surface area contributed by atoms with Crippen LogP contribution in [0.5, 0.6) is 0 Å². The smallest absolute Gasteiger partial charge is 0.262 e. The van der Waals surface area contributed by atoms with Crippen LogP contribution < -0.4 is 5.56 Å². The van der Waals surface area contributed by atoms with E-state index >= 15 is 0 Å². The van der Waals surface area contributed by atoms with Gasteiger partial charge in [-0.2, -0.15) is 0 Å². The molecule has 0 spiro atoms. The van der Waals surface area contributed by atoms with Gasteiger partial charge in [0.15, 0.2) is 0 Å². The lowest BCUT2D eigenvalue weighted by atomic mass is 9.89. The fraction of sp³-hybridized carbons (Fsp3) is 0.500. The minimum absolute atomic E-state index is 0.00685. The van der Waals surface area contributed by atoms with E-state index in [1.807, 2.05) is 0 Å². The standard InChI is InChI=1S/C24H28FN3O2S/c1-15-8-9-17-20(12-15)31-23-22(17)24(30)28(21(26-23)14-27-10-4-5-11-27)13-19(29)16-6-2-3-7-18(16)25/h2-3,6-7,15,19,29H,4-5,8-14H2,1H3. The van der Waals surface area contributed by atoms with Crippen LogP contribution in [0.4, 0.5) is 4.39 Å². The number of aliphatic hydroxyl groups is 1. The Labute approximate surface area is 185 Å². The highest BCUT2D eigenvalue weighted by molar-refractivity contribution is 7.18. The molecule has 2 unspecified atom stereocenters. The van der Waals surface area contributed by atoms with Crippen molar-refractivity contribution in [1.29, 1.82) is 0 Å². The number of hydrogen-bond acceptors (Lipinski definition) is 5. The van der Waals surface area contributed by atoms with Crippen molar-refractivity contribution < 1.29 is 9.50 Å². The van der Waals surface area contributed by atoms with E-state index in [0.29, 0.717) is 23.7 Å². The Balaban J connectivity index is 1.60. The van der Waals surface area contributed by atoms with Gasteiger partial charge in [0.05, 0.1) is 24.6 Å². The van der Waals surface area contributed by atoms with E-state index in [1.165, 1.54) is 10.9 Å². The largest absolute Gasteiger partial charge is 0.386 e. The summed E-state index contributed by atoms with van der Waals surface area (Å²) in [4.78, 5) is 23.0. The molecule has 1 aliphatic carbocycles. The number of aliphatic hydroxyl groups excluding tert-OH is 1. The molecule has 7 heteroatoms. The Bertz CT molecular complexity index is 1170. The molecule has 2 aromatic heterocycles. The molecule has 0 bridgehead atoms. The maximum Gasteiger partial charge on any atom is 0.262 e. The van der Waals surface area contributed by atoms with Crippen LogP contribution >= 0.6 is 11.3 Å². The molecule has 2 aliphatic rings. The molecular formula is C24H28FN3O2S. The third-order valence-electron chi connectivity index (χ3n) is 6.68. The highest BCUT2D eigenvalue weighted by atomic mass is 32.1.